The average Bonchev–Trinajstić information content (AvgIpc) is 3.09. The van der Waals surface area contributed by atoms with E-state index in [-0.39, 0.29) is 24.0 Å². The lowest BCUT2D eigenvalue weighted by Gasteiger charge is -2.39. The van der Waals surface area contributed by atoms with E-state index < -0.39 is 0 Å². The maximum absolute atomic E-state index is 4.49. The number of benzene rings is 1. The number of thioether (sulfide) groups is 1. The third kappa shape index (κ3) is 5.54. The number of guanidine groups is 1. The van der Waals surface area contributed by atoms with Crippen LogP contribution in [0.15, 0.2) is 41.4 Å². The highest BCUT2D eigenvalue weighted by Gasteiger charge is 2.28. The van der Waals surface area contributed by atoms with Gasteiger partial charge in [-0.15, -0.1) is 24.0 Å². The van der Waals surface area contributed by atoms with Gasteiger partial charge in [0.05, 0.1) is 0 Å². The number of anilines is 1. The highest BCUT2D eigenvalue weighted by atomic mass is 127. The Kier molecular flexibility index (Phi) is 7.49. The summed E-state index contributed by atoms with van der Waals surface area (Å²) in [6.45, 7) is 9.56. The summed E-state index contributed by atoms with van der Waals surface area (Å²) in [5, 5.41) is 3.54. The smallest absolute Gasteiger partial charge is 0.193 e. The van der Waals surface area contributed by atoms with E-state index in [0.29, 0.717) is 4.75 Å². The van der Waals surface area contributed by atoms with Gasteiger partial charge in [0.25, 0.3) is 0 Å². The van der Waals surface area contributed by atoms with Crippen molar-refractivity contribution >= 4 is 47.4 Å². The second-order valence-electron chi connectivity index (χ2n) is 6.98. The van der Waals surface area contributed by atoms with Crippen LogP contribution in [0.25, 0.3) is 0 Å². The molecular formula is C19H29IN4S. The number of aliphatic imine (C=N–C) groups is 1. The number of hydrogen-bond acceptors (Lipinski definition) is 3. The van der Waals surface area contributed by atoms with Crippen molar-refractivity contribution in [3.8, 4) is 0 Å². The lowest BCUT2D eigenvalue weighted by Crippen LogP contribution is -2.50. The molecule has 3 rings (SSSR count). The fourth-order valence-electron chi connectivity index (χ4n) is 3.26. The molecule has 0 unspecified atom stereocenters. The summed E-state index contributed by atoms with van der Waals surface area (Å²) < 4.78 is 0.290. The van der Waals surface area contributed by atoms with Crippen molar-refractivity contribution < 1.29 is 0 Å². The van der Waals surface area contributed by atoms with E-state index in [0.717, 1.165) is 44.4 Å². The highest BCUT2D eigenvalue weighted by Crippen LogP contribution is 2.29. The minimum Gasteiger partial charge on any atom is -0.364 e. The summed E-state index contributed by atoms with van der Waals surface area (Å²) >= 11 is 2.05. The summed E-state index contributed by atoms with van der Waals surface area (Å²) in [6.07, 6.45) is 4.45. The molecule has 1 aromatic carbocycles. The van der Waals surface area contributed by atoms with Crippen LogP contribution in [0.4, 0.5) is 5.69 Å². The van der Waals surface area contributed by atoms with Crippen LogP contribution in [-0.4, -0.2) is 54.6 Å². The Balaban J connectivity index is 0.00000225. The van der Waals surface area contributed by atoms with Crippen molar-refractivity contribution in [3.63, 3.8) is 0 Å². The summed E-state index contributed by atoms with van der Waals surface area (Å²) in [5.41, 5.74) is 2.59. The number of nitrogens with one attached hydrogen (secondary N) is 1. The van der Waals surface area contributed by atoms with Gasteiger partial charge in [0, 0.05) is 56.0 Å². The molecule has 4 nitrogen and oxygen atoms in total. The minimum atomic E-state index is 0. The predicted molar refractivity (Wildman–Crippen MR) is 122 cm³/mol. The van der Waals surface area contributed by atoms with Crippen molar-refractivity contribution in [3.05, 3.63) is 42.0 Å². The topological polar surface area (TPSA) is 30.9 Å². The SMILES string of the molecule is CN=C(NCc1cccc(N2CC=CC2)c1)N1CCSC(C)(C)C1.I. The van der Waals surface area contributed by atoms with Gasteiger partial charge >= 0.3 is 0 Å². The van der Waals surface area contributed by atoms with Gasteiger partial charge in [-0.2, -0.15) is 11.8 Å². The van der Waals surface area contributed by atoms with Gasteiger partial charge in [0.2, 0.25) is 0 Å². The second-order valence-corrected chi connectivity index (χ2v) is 8.78. The molecule has 0 amide bonds. The molecule has 1 fully saturated rings. The normalized spacial score (nSPS) is 19.7. The molecule has 0 aromatic heterocycles. The maximum Gasteiger partial charge on any atom is 0.193 e. The quantitative estimate of drug-likeness (QED) is 0.316. The molecule has 0 bridgehead atoms. The Morgan fingerprint density at radius 1 is 1.28 bits per heavy atom. The molecule has 1 aromatic rings. The molecule has 138 valence electrons. The molecule has 0 aliphatic carbocycles. The predicted octanol–water partition coefficient (Wildman–Crippen LogP) is 3.58. The molecule has 0 atom stereocenters. The van der Waals surface area contributed by atoms with Gasteiger partial charge in [-0.3, -0.25) is 4.99 Å². The van der Waals surface area contributed by atoms with Gasteiger partial charge < -0.3 is 15.1 Å². The Morgan fingerprint density at radius 3 is 2.72 bits per heavy atom. The molecule has 2 heterocycles. The monoisotopic (exact) mass is 472 g/mol. The van der Waals surface area contributed by atoms with E-state index in [1.807, 2.05) is 18.8 Å². The maximum atomic E-state index is 4.49. The lowest BCUT2D eigenvalue weighted by molar-refractivity contribution is 0.376. The van der Waals surface area contributed by atoms with E-state index in [9.17, 15) is 0 Å². The lowest BCUT2D eigenvalue weighted by atomic mass is 10.2. The van der Waals surface area contributed by atoms with Crippen LogP contribution in [0.3, 0.4) is 0 Å². The zero-order valence-electron chi connectivity index (χ0n) is 15.4. The number of hydrogen-bond donors (Lipinski definition) is 1. The molecule has 1 N–H and O–H groups in total. The van der Waals surface area contributed by atoms with Crippen molar-refractivity contribution in [1.29, 1.82) is 0 Å². The molecule has 0 spiro atoms. The van der Waals surface area contributed by atoms with Gasteiger partial charge in [0.1, 0.15) is 0 Å². The van der Waals surface area contributed by atoms with Crippen LogP contribution in [0.2, 0.25) is 0 Å². The Hall–Kier alpha value is -0.890. The Morgan fingerprint density at radius 2 is 2.04 bits per heavy atom. The first kappa shape index (κ1) is 20.4. The summed E-state index contributed by atoms with van der Waals surface area (Å²) in [4.78, 5) is 9.25. The van der Waals surface area contributed by atoms with Crippen LogP contribution >= 0.6 is 35.7 Å². The molecule has 25 heavy (non-hydrogen) atoms. The van der Waals surface area contributed by atoms with E-state index in [2.05, 4.69) is 70.4 Å². The van der Waals surface area contributed by atoms with Crippen molar-refractivity contribution in [1.82, 2.24) is 10.2 Å². The Labute approximate surface area is 173 Å². The molecule has 1 saturated heterocycles. The number of halogens is 1. The molecular weight excluding hydrogens is 443 g/mol. The van der Waals surface area contributed by atoms with E-state index >= 15 is 0 Å². The van der Waals surface area contributed by atoms with Gasteiger partial charge in [-0.1, -0.05) is 24.3 Å². The standard InChI is InChI=1S/C19H28N4S.HI/c1-19(2)15-23(11-12-24-19)18(20-3)21-14-16-7-6-8-17(13-16)22-9-4-5-10-22;/h4-8,13H,9-12,14-15H2,1-3H3,(H,20,21);1H. The van der Waals surface area contributed by atoms with Crippen molar-refractivity contribution in [2.24, 2.45) is 4.99 Å². The van der Waals surface area contributed by atoms with Crippen molar-refractivity contribution in [2.75, 3.05) is 43.9 Å². The molecule has 0 radical (unpaired) electrons. The molecule has 2 aliphatic rings. The first-order valence-electron chi connectivity index (χ1n) is 8.66. The minimum absolute atomic E-state index is 0. The molecule has 6 heteroatoms. The largest absolute Gasteiger partial charge is 0.364 e. The zero-order chi connectivity index (χ0) is 17.0. The van der Waals surface area contributed by atoms with Crippen LogP contribution in [0, 0.1) is 0 Å². The van der Waals surface area contributed by atoms with Crippen LogP contribution in [0.5, 0.6) is 0 Å². The van der Waals surface area contributed by atoms with E-state index in [4.69, 9.17) is 0 Å². The fraction of sp³-hybridized carbons (Fsp3) is 0.526. The zero-order valence-corrected chi connectivity index (χ0v) is 18.5. The molecule has 2 aliphatic heterocycles. The van der Waals surface area contributed by atoms with Crippen LogP contribution < -0.4 is 10.2 Å². The van der Waals surface area contributed by atoms with Crippen LogP contribution in [-0.2, 0) is 6.54 Å². The third-order valence-electron chi connectivity index (χ3n) is 4.48. The number of nitrogens with zero attached hydrogens (tertiary/aromatic N) is 3. The fourth-order valence-corrected chi connectivity index (χ4v) is 4.37. The summed E-state index contributed by atoms with van der Waals surface area (Å²) in [5.74, 6) is 2.17. The first-order chi connectivity index (χ1) is 11.6. The Bertz CT molecular complexity index is 622. The van der Waals surface area contributed by atoms with Gasteiger partial charge in [-0.05, 0) is 31.5 Å². The van der Waals surface area contributed by atoms with Gasteiger partial charge in [-0.25, -0.2) is 0 Å². The van der Waals surface area contributed by atoms with Gasteiger partial charge in [0.15, 0.2) is 5.96 Å². The van der Waals surface area contributed by atoms with E-state index in [1.54, 1.807) is 0 Å². The highest BCUT2D eigenvalue weighted by molar-refractivity contribution is 14.0. The number of rotatable bonds is 3. The summed E-state index contributed by atoms with van der Waals surface area (Å²) in [7, 11) is 1.88. The van der Waals surface area contributed by atoms with Crippen molar-refractivity contribution in [2.45, 2.75) is 25.1 Å². The first-order valence-corrected chi connectivity index (χ1v) is 9.64. The third-order valence-corrected chi connectivity index (χ3v) is 5.78. The average molecular weight is 472 g/mol. The summed E-state index contributed by atoms with van der Waals surface area (Å²) in [6, 6.07) is 8.80. The molecule has 0 saturated carbocycles. The van der Waals surface area contributed by atoms with E-state index in [1.165, 1.54) is 11.3 Å². The second kappa shape index (κ2) is 9.16. The van der Waals surface area contributed by atoms with Crippen LogP contribution in [0.1, 0.15) is 19.4 Å².